The van der Waals surface area contributed by atoms with Gasteiger partial charge in [-0.1, -0.05) is 48.5 Å². The number of amides is 1. The Balaban J connectivity index is 1.57. The van der Waals surface area contributed by atoms with Crippen LogP contribution in [0.5, 0.6) is 0 Å². The molecule has 7 heteroatoms. The summed E-state index contributed by atoms with van der Waals surface area (Å²) in [7, 11) is 2.07. The van der Waals surface area contributed by atoms with Crippen LogP contribution in [0.4, 0.5) is 0 Å². The molecule has 3 heterocycles. The Kier molecular flexibility index (Phi) is 6.96. The number of carbonyl (C=O) groups excluding carboxylic acids is 2. The first-order chi connectivity index (χ1) is 17.9. The Morgan fingerprint density at radius 1 is 1.05 bits per heavy atom. The van der Waals surface area contributed by atoms with Crippen molar-refractivity contribution in [2.24, 2.45) is 0 Å². The monoisotopic (exact) mass is 512 g/mol. The summed E-state index contributed by atoms with van der Waals surface area (Å²) in [6.07, 6.45) is 3.32. The smallest absolute Gasteiger partial charge is 0.253 e. The van der Waals surface area contributed by atoms with Gasteiger partial charge in [-0.05, 0) is 60.5 Å². The topological polar surface area (TPSA) is 69.3 Å². The van der Waals surface area contributed by atoms with E-state index in [2.05, 4.69) is 28.5 Å². The number of ketones is 1. The number of piperazine rings is 1. The second-order valence-corrected chi connectivity index (χ2v) is 9.96. The normalized spacial score (nSPS) is 14.2. The summed E-state index contributed by atoms with van der Waals surface area (Å²) in [5.74, 6) is 0.0241. The van der Waals surface area contributed by atoms with E-state index < -0.39 is 0 Å². The molecule has 0 radical (unpaired) electrons. The van der Waals surface area contributed by atoms with Crippen LogP contribution in [0.2, 0.25) is 5.02 Å². The van der Waals surface area contributed by atoms with Crippen molar-refractivity contribution in [2.75, 3.05) is 33.2 Å². The van der Waals surface area contributed by atoms with Crippen LogP contribution in [-0.4, -0.2) is 64.7 Å². The van der Waals surface area contributed by atoms with Crippen LogP contribution in [0.15, 0.2) is 67.4 Å². The molecular weight excluding hydrogens is 484 g/mol. The minimum atomic E-state index is -0.0281. The van der Waals surface area contributed by atoms with Gasteiger partial charge in [-0.15, -0.1) is 0 Å². The zero-order valence-electron chi connectivity index (χ0n) is 21.1. The van der Waals surface area contributed by atoms with Gasteiger partial charge in [0.15, 0.2) is 5.78 Å². The van der Waals surface area contributed by atoms with Gasteiger partial charge in [-0.25, -0.2) is 4.98 Å². The van der Waals surface area contributed by atoms with E-state index in [-0.39, 0.29) is 18.1 Å². The Morgan fingerprint density at radius 2 is 1.76 bits per heavy atom. The van der Waals surface area contributed by atoms with Crippen molar-refractivity contribution in [3.8, 4) is 22.4 Å². The van der Waals surface area contributed by atoms with Gasteiger partial charge in [0.25, 0.3) is 5.91 Å². The number of pyridine rings is 1. The summed E-state index contributed by atoms with van der Waals surface area (Å²) in [5.41, 5.74) is 6.96. The number of halogens is 1. The van der Waals surface area contributed by atoms with E-state index in [4.69, 9.17) is 11.6 Å². The fourth-order valence-corrected chi connectivity index (χ4v) is 5.07. The number of fused-ring (bicyclic) bond motifs is 1. The minimum Gasteiger partial charge on any atom is -0.339 e. The van der Waals surface area contributed by atoms with E-state index in [0.29, 0.717) is 16.2 Å². The molecule has 37 heavy (non-hydrogen) atoms. The van der Waals surface area contributed by atoms with E-state index in [1.165, 1.54) is 6.08 Å². The van der Waals surface area contributed by atoms with Crippen LogP contribution < -0.4 is 0 Å². The third-order valence-electron chi connectivity index (χ3n) is 7.08. The lowest BCUT2D eigenvalue weighted by molar-refractivity contribution is -0.114. The molecule has 5 rings (SSSR count). The van der Waals surface area contributed by atoms with Crippen molar-refractivity contribution in [3.63, 3.8) is 0 Å². The van der Waals surface area contributed by atoms with E-state index >= 15 is 0 Å². The highest BCUT2D eigenvalue weighted by atomic mass is 35.5. The highest BCUT2D eigenvalue weighted by Crippen LogP contribution is 2.41. The molecular formula is C30H29ClN4O2. The number of hydrogen-bond acceptors (Lipinski definition) is 4. The molecule has 1 N–H and O–H groups in total. The first kappa shape index (κ1) is 24.9. The third-order valence-corrected chi connectivity index (χ3v) is 7.40. The lowest BCUT2D eigenvalue weighted by Crippen LogP contribution is -2.47. The summed E-state index contributed by atoms with van der Waals surface area (Å²) in [6.45, 7) is 8.84. The van der Waals surface area contributed by atoms with Crippen LogP contribution in [0.1, 0.15) is 21.5 Å². The lowest BCUT2D eigenvalue weighted by Gasteiger charge is -2.32. The molecule has 0 spiro atoms. The quantitative estimate of drug-likeness (QED) is 0.344. The van der Waals surface area contributed by atoms with Gasteiger partial charge >= 0.3 is 0 Å². The SMILES string of the molecule is C=CC(=O)Cc1cc(-c2c(-c3ccc(C(=O)N4CCN(C)CC4)cc3)[nH]c3nccc(Cl)c23)ccc1C. The van der Waals surface area contributed by atoms with Gasteiger partial charge in [0.05, 0.1) is 10.7 Å². The van der Waals surface area contributed by atoms with E-state index in [1.54, 1.807) is 12.3 Å². The largest absolute Gasteiger partial charge is 0.339 e. The summed E-state index contributed by atoms with van der Waals surface area (Å²) in [4.78, 5) is 37.3. The Labute approximate surface area is 221 Å². The van der Waals surface area contributed by atoms with Gasteiger partial charge in [-0.2, -0.15) is 0 Å². The molecule has 1 aliphatic rings. The number of H-pyrrole nitrogens is 1. The average Bonchev–Trinajstić information content (AvgIpc) is 3.31. The van der Waals surface area contributed by atoms with Crippen molar-refractivity contribution >= 4 is 34.3 Å². The van der Waals surface area contributed by atoms with Crippen molar-refractivity contribution in [2.45, 2.75) is 13.3 Å². The Bertz CT molecular complexity index is 1500. The van der Waals surface area contributed by atoms with Gasteiger partial charge in [0, 0.05) is 55.3 Å². The first-order valence-corrected chi connectivity index (χ1v) is 12.7. The molecule has 0 saturated carbocycles. The molecule has 4 aromatic rings. The molecule has 2 aromatic heterocycles. The highest BCUT2D eigenvalue weighted by molar-refractivity contribution is 6.36. The number of aromatic amines is 1. The second kappa shape index (κ2) is 10.3. The van der Waals surface area contributed by atoms with Crippen molar-refractivity contribution in [1.82, 2.24) is 19.8 Å². The molecule has 1 aliphatic heterocycles. The van der Waals surface area contributed by atoms with E-state index in [1.807, 2.05) is 54.3 Å². The second-order valence-electron chi connectivity index (χ2n) is 9.55. The zero-order valence-corrected chi connectivity index (χ0v) is 21.8. The van der Waals surface area contributed by atoms with Crippen LogP contribution in [0, 0.1) is 6.92 Å². The summed E-state index contributed by atoms with van der Waals surface area (Å²) < 4.78 is 0. The highest BCUT2D eigenvalue weighted by Gasteiger charge is 2.22. The van der Waals surface area contributed by atoms with Crippen LogP contribution in [0.25, 0.3) is 33.4 Å². The number of aryl methyl sites for hydroxylation is 1. The zero-order chi connectivity index (χ0) is 26.1. The Hall–Kier alpha value is -3.74. The summed E-state index contributed by atoms with van der Waals surface area (Å²) >= 11 is 6.67. The van der Waals surface area contributed by atoms with Crippen LogP contribution in [-0.2, 0) is 11.2 Å². The van der Waals surface area contributed by atoms with Crippen LogP contribution >= 0.6 is 11.6 Å². The lowest BCUT2D eigenvalue weighted by atomic mass is 9.93. The maximum Gasteiger partial charge on any atom is 0.253 e. The number of carbonyl (C=O) groups is 2. The summed E-state index contributed by atoms with van der Waals surface area (Å²) in [6, 6.07) is 15.6. The number of benzene rings is 2. The third kappa shape index (κ3) is 4.95. The predicted molar refractivity (Wildman–Crippen MR) is 149 cm³/mol. The Morgan fingerprint density at radius 3 is 2.46 bits per heavy atom. The summed E-state index contributed by atoms with van der Waals surface area (Å²) in [5, 5.41) is 1.41. The molecule has 1 saturated heterocycles. The maximum absolute atomic E-state index is 13.0. The number of nitrogens with one attached hydrogen (secondary N) is 1. The number of aromatic nitrogens is 2. The molecule has 1 amide bonds. The predicted octanol–water partition coefficient (Wildman–Crippen LogP) is 5.54. The first-order valence-electron chi connectivity index (χ1n) is 12.4. The van der Waals surface area contributed by atoms with Crippen LogP contribution in [0.3, 0.4) is 0 Å². The van der Waals surface area contributed by atoms with Crippen molar-refractivity contribution in [3.05, 3.63) is 89.1 Å². The molecule has 1 fully saturated rings. The molecule has 0 bridgehead atoms. The number of nitrogens with zero attached hydrogens (tertiary/aromatic N) is 3. The van der Waals surface area contributed by atoms with E-state index in [9.17, 15) is 9.59 Å². The average molecular weight is 513 g/mol. The van der Waals surface area contributed by atoms with E-state index in [0.717, 1.165) is 65.1 Å². The van der Waals surface area contributed by atoms with Crippen molar-refractivity contribution in [1.29, 1.82) is 0 Å². The standard InChI is InChI=1S/C30H29ClN4O2/c1-4-24(36)18-23-17-22(6-5-19(23)2)26-27-25(31)11-12-32-29(27)33-28(26)20-7-9-21(10-8-20)30(37)35-15-13-34(3)14-16-35/h4-12,17H,1,13-16,18H2,2-3H3,(H,32,33). The molecule has 0 unspecified atom stereocenters. The minimum absolute atomic E-state index is 0.0281. The van der Waals surface area contributed by atoms with Gasteiger partial charge in [0.1, 0.15) is 5.65 Å². The van der Waals surface area contributed by atoms with Gasteiger partial charge in [0.2, 0.25) is 0 Å². The fourth-order valence-electron chi connectivity index (χ4n) is 4.83. The maximum atomic E-state index is 13.0. The molecule has 188 valence electrons. The van der Waals surface area contributed by atoms with Gasteiger partial charge in [-0.3, -0.25) is 9.59 Å². The number of hydrogen-bond donors (Lipinski definition) is 1. The van der Waals surface area contributed by atoms with Crippen molar-refractivity contribution < 1.29 is 9.59 Å². The molecule has 2 aromatic carbocycles. The fraction of sp³-hybridized carbons (Fsp3) is 0.233. The molecule has 0 aliphatic carbocycles. The molecule has 0 atom stereocenters. The molecule has 6 nitrogen and oxygen atoms in total. The number of rotatable bonds is 6. The number of allylic oxidation sites excluding steroid dienone is 1. The van der Waals surface area contributed by atoms with Gasteiger partial charge < -0.3 is 14.8 Å². The number of likely N-dealkylation sites (N-methyl/N-ethyl adjacent to an activating group) is 1.